The lowest BCUT2D eigenvalue weighted by Gasteiger charge is -2.21. The third-order valence-electron chi connectivity index (χ3n) is 5.39. The van der Waals surface area contributed by atoms with Crippen molar-refractivity contribution in [2.45, 2.75) is 24.8 Å². The van der Waals surface area contributed by atoms with Crippen LogP contribution in [0.2, 0.25) is 5.02 Å². The molecule has 1 amide bonds. The number of carboxylic acid groups (broad SMARTS) is 1. The van der Waals surface area contributed by atoms with E-state index in [1.54, 1.807) is 23.1 Å². The smallest absolute Gasteiger partial charge is 0.335 e. The zero-order chi connectivity index (χ0) is 20.4. The average molecular weight is 406 g/mol. The molecule has 146 valence electrons. The third kappa shape index (κ3) is 4.17. The summed E-state index contributed by atoms with van der Waals surface area (Å²) >= 11 is 6.00. The molecule has 0 bridgehead atoms. The molecule has 0 spiro atoms. The molecule has 5 heteroatoms. The summed E-state index contributed by atoms with van der Waals surface area (Å²) in [5.41, 5.74) is 4.24. The molecular weight excluding hydrogens is 386 g/mol. The summed E-state index contributed by atoms with van der Waals surface area (Å²) in [6, 6.07) is 22.5. The van der Waals surface area contributed by atoms with E-state index in [9.17, 15) is 14.7 Å². The van der Waals surface area contributed by atoms with Crippen LogP contribution in [-0.4, -0.2) is 17.5 Å². The van der Waals surface area contributed by atoms with E-state index in [4.69, 9.17) is 11.6 Å². The lowest BCUT2D eigenvalue weighted by atomic mass is 10.0. The summed E-state index contributed by atoms with van der Waals surface area (Å²) in [6.45, 7) is 0.319. The van der Waals surface area contributed by atoms with Crippen molar-refractivity contribution in [3.63, 3.8) is 0 Å². The Balaban J connectivity index is 1.58. The molecule has 3 aromatic carbocycles. The van der Waals surface area contributed by atoms with Crippen molar-refractivity contribution in [2.75, 3.05) is 4.90 Å². The molecule has 4 rings (SSSR count). The van der Waals surface area contributed by atoms with Crippen LogP contribution in [0.5, 0.6) is 0 Å². The average Bonchev–Trinajstić information content (AvgIpc) is 3.53. The van der Waals surface area contributed by atoms with Gasteiger partial charge in [-0.25, -0.2) is 4.79 Å². The van der Waals surface area contributed by atoms with Crippen LogP contribution in [-0.2, 0) is 11.3 Å². The molecule has 4 nitrogen and oxygen atoms in total. The van der Waals surface area contributed by atoms with E-state index in [1.165, 1.54) is 5.56 Å². The molecule has 2 unspecified atom stereocenters. The summed E-state index contributed by atoms with van der Waals surface area (Å²) in [5.74, 6) is -0.217. The lowest BCUT2D eigenvalue weighted by Crippen LogP contribution is -2.21. The van der Waals surface area contributed by atoms with Crippen molar-refractivity contribution < 1.29 is 14.7 Å². The summed E-state index contributed by atoms with van der Waals surface area (Å²) in [4.78, 5) is 24.8. The molecule has 0 radical (unpaired) electrons. The van der Waals surface area contributed by atoms with Gasteiger partial charge < -0.3 is 10.0 Å². The predicted molar refractivity (Wildman–Crippen MR) is 114 cm³/mol. The Labute approximate surface area is 174 Å². The van der Waals surface area contributed by atoms with Gasteiger partial charge in [-0.3, -0.25) is 4.79 Å². The van der Waals surface area contributed by atoms with Gasteiger partial charge in [0, 0.05) is 10.7 Å². The Morgan fingerprint density at radius 3 is 2.52 bits per heavy atom. The second-order valence-corrected chi connectivity index (χ2v) is 7.73. The first-order valence-electron chi connectivity index (χ1n) is 9.45. The molecule has 1 aliphatic carbocycles. The first-order chi connectivity index (χ1) is 14.1. The molecule has 0 heterocycles. The summed E-state index contributed by atoms with van der Waals surface area (Å²) in [5, 5.41) is 9.93. The van der Waals surface area contributed by atoms with Crippen molar-refractivity contribution in [2.24, 2.45) is 0 Å². The number of nitrogens with zero attached hydrogens (tertiary/aromatic N) is 1. The standard InChI is InChI=1S/C24H20ClNO3/c25-19-10-8-17(9-11-19)21-13-22(21)20-6-1-2-7-23(20)26(15-27)14-16-4-3-5-18(12-16)24(28)29/h1-12,15,21-22H,13-14H2,(H,28,29). The highest BCUT2D eigenvalue weighted by Gasteiger charge is 2.41. The minimum Gasteiger partial charge on any atom is -0.478 e. The van der Waals surface area contributed by atoms with Gasteiger partial charge in [0.25, 0.3) is 0 Å². The third-order valence-corrected chi connectivity index (χ3v) is 5.64. The van der Waals surface area contributed by atoms with Crippen molar-refractivity contribution in [1.82, 2.24) is 0 Å². The largest absolute Gasteiger partial charge is 0.478 e. The van der Waals surface area contributed by atoms with Crippen LogP contribution in [0, 0.1) is 0 Å². The van der Waals surface area contributed by atoms with Crippen molar-refractivity contribution in [3.8, 4) is 0 Å². The van der Waals surface area contributed by atoms with Crippen LogP contribution in [0.3, 0.4) is 0 Å². The number of halogens is 1. The molecule has 3 aromatic rings. The van der Waals surface area contributed by atoms with E-state index < -0.39 is 5.97 Å². The van der Waals surface area contributed by atoms with Gasteiger partial charge in [0.15, 0.2) is 0 Å². The molecule has 1 N–H and O–H groups in total. The van der Waals surface area contributed by atoms with Crippen molar-refractivity contribution >= 4 is 29.7 Å². The van der Waals surface area contributed by atoms with Crippen molar-refractivity contribution in [1.29, 1.82) is 0 Å². The van der Waals surface area contributed by atoms with E-state index in [0.29, 0.717) is 18.4 Å². The van der Waals surface area contributed by atoms with E-state index in [0.717, 1.165) is 34.7 Å². The Morgan fingerprint density at radius 1 is 1.03 bits per heavy atom. The van der Waals surface area contributed by atoms with Gasteiger partial charge in [0.05, 0.1) is 12.1 Å². The maximum Gasteiger partial charge on any atom is 0.335 e. The zero-order valence-corrected chi connectivity index (χ0v) is 16.4. The van der Waals surface area contributed by atoms with E-state index in [1.807, 2.05) is 36.4 Å². The van der Waals surface area contributed by atoms with Crippen LogP contribution < -0.4 is 4.90 Å². The molecule has 1 fully saturated rings. The summed E-state index contributed by atoms with van der Waals surface area (Å²) in [7, 11) is 0. The summed E-state index contributed by atoms with van der Waals surface area (Å²) < 4.78 is 0. The number of carbonyl (C=O) groups excluding carboxylic acids is 1. The van der Waals surface area contributed by atoms with Crippen molar-refractivity contribution in [3.05, 3.63) is 100 Å². The van der Waals surface area contributed by atoms with Gasteiger partial charge in [0.1, 0.15) is 0 Å². The first-order valence-corrected chi connectivity index (χ1v) is 9.83. The number of amides is 1. The number of anilines is 1. The number of hydrogen-bond donors (Lipinski definition) is 1. The number of hydrogen-bond acceptors (Lipinski definition) is 2. The van der Waals surface area contributed by atoms with Crippen LogP contribution in [0.4, 0.5) is 5.69 Å². The van der Waals surface area contributed by atoms with E-state index in [2.05, 4.69) is 18.2 Å². The van der Waals surface area contributed by atoms with Gasteiger partial charge in [0.2, 0.25) is 6.41 Å². The maximum absolute atomic E-state index is 11.9. The van der Waals surface area contributed by atoms with Crippen LogP contribution in [0.25, 0.3) is 0 Å². The van der Waals surface area contributed by atoms with Gasteiger partial charge in [-0.1, -0.05) is 54.1 Å². The molecule has 29 heavy (non-hydrogen) atoms. The highest BCUT2D eigenvalue weighted by atomic mass is 35.5. The monoisotopic (exact) mass is 405 g/mol. The molecule has 0 aromatic heterocycles. The number of benzene rings is 3. The normalized spacial score (nSPS) is 17.6. The molecule has 0 saturated heterocycles. The molecule has 0 aliphatic heterocycles. The fourth-order valence-electron chi connectivity index (χ4n) is 3.86. The number of rotatable bonds is 7. The second-order valence-electron chi connectivity index (χ2n) is 7.30. The lowest BCUT2D eigenvalue weighted by molar-refractivity contribution is -0.107. The minimum atomic E-state index is -0.978. The first kappa shape index (κ1) is 19.2. The number of carboxylic acids is 1. The SMILES string of the molecule is O=CN(Cc1cccc(C(=O)O)c1)c1ccccc1C1CC1c1ccc(Cl)cc1. The predicted octanol–water partition coefficient (Wildman–Crippen LogP) is 5.47. The highest BCUT2D eigenvalue weighted by Crippen LogP contribution is 2.56. The van der Waals surface area contributed by atoms with Crippen LogP contribution in [0.1, 0.15) is 45.3 Å². The maximum atomic E-state index is 11.9. The molecule has 1 aliphatic rings. The number of para-hydroxylation sites is 1. The second kappa shape index (κ2) is 8.10. The topological polar surface area (TPSA) is 57.6 Å². The number of aromatic carboxylic acids is 1. The van der Waals surface area contributed by atoms with Crippen LogP contribution in [0.15, 0.2) is 72.8 Å². The Bertz CT molecular complexity index is 1050. The fourth-order valence-corrected chi connectivity index (χ4v) is 3.98. The molecular formula is C24H20ClNO3. The van der Waals surface area contributed by atoms with Crippen LogP contribution >= 0.6 is 11.6 Å². The Morgan fingerprint density at radius 2 is 1.79 bits per heavy atom. The van der Waals surface area contributed by atoms with Gasteiger partial charge in [-0.05, 0) is 65.3 Å². The Hall–Kier alpha value is -3.11. The van der Waals surface area contributed by atoms with Gasteiger partial charge in [-0.15, -0.1) is 0 Å². The van der Waals surface area contributed by atoms with E-state index >= 15 is 0 Å². The Kier molecular flexibility index (Phi) is 5.36. The molecule has 2 atom stereocenters. The van der Waals surface area contributed by atoms with E-state index in [-0.39, 0.29) is 5.56 Å². The zero-order valence-electron chi connectivity index (χ0n) is 15.7. The fraction of sp³-hybridized carbons (Fsp3) is 0.167. The summed E-state index contributed by atoms with van der Waals surface area (Å²) in [6.07, 6.45) is 1.84. The van der Waals surface area contributed by atoms with Gasteiger partial charge in [-0.2, -0.15) is 0 Å². The quantitative estimate of drug-likeness (QED) is 0.530. The highest BCUT2D eigenvalue weighted by molar-refractivity contribution is 6.30. The minimum absolute atomic E-state index is 0.214. The van der Waals surface area contributed by atoms with Gasteiger partial charge >= 0.3 is 5.97 Å². The molecule has 1 saturated carbocycles. The number of carbonyl (C=O) groups is 2.